The number of likely N-dealkylation sites (N-methyl/N-ethyl adjacent to an activating group) is 1. The first-order chi connectivity index (χ1) is 21.9. The fourth-order valence-corrected chi connectivity index (χ4v) is 8.64. The van der Waals surface area contributed by atoms with Crippen molar-refractivity contribution < 1.29 is 36.2 Å². The van der Waals surface area contributed by atoms with Crippen molar-refractivity contribution >= 4 is 25.7 Å². The minimum atomic E-state index is -3.67. The number of ether oxygens (including phenoxy) is 3. The molecule has 3 aliphatic rings. The summed E-state index contributed by atoms with van der Waals surface area (Å²) in [6.07, 6.45) is 1.77. The molecule has 0 saturated carbocycles. The van der Waals surface area contributed by atoms with Crippen LogP contribution in [0.4, 0.5) is 5.69 Å². The lowest BCUT2D eigenvalue weighted by Crippen LogP contribution is -2.47. The fourth-order valence-electron chi connectivity index (χ4n) is 6.07. The molecular formula is C31H47N5O8S2. The number of nitrogens with one attached hydrogen (secondary N) is 2. The van der Waals surface area contributed by atoms with Crippen molar-refractivity contribution in [3.05, 3.63) is 42.5 Å². The van der Waals surface area contributed by atoms with Crippen molar-refractivity contribution in [1.29, 1.82) is 0 Å². The van der Waals surface area contributed by atoms with Crippen molar-refractivity contribution in [2.75, 3.05) is 85.1 Å². The predicted molar refractivity (Wildman–Crippen MR) is 175 cm³/mol. The molecule has 3 N–H and O–H groups in total. The fraction of sp³-hybridized carbons (Fsp3) is 0.613. The van der Waals surface area contributed by atoms with E-state index in [0.717, 1.165) is 18.7 Å². The van der Waals surface area contributed by atoms with E-state index in [2.05, 4.69) is 10.0 Å². The molecule has 15 heteroatoms. The molecule has 0 aromatic heterocycles. The van der Waals surface area contributed by atoms with E-state index in [4.69, 9.17) is 14.2 Å². The van der Waals surface area contributed by atoms with E-state index in [1.54, 1.807) is 30.3 Å². The molecule has 1 spiro atoms. The molecule has 0 amide bonds. The summed E-state index contributed by atoms with van der Waals surface area (Å²) >= 11 is 0. The molecule has 2 unspecified atom stereocenters. The minimum Gasteiger partial charge on any atom is -0.491 e. The average molecular weight is 682 g/mol. The number of fused-ring (bicyclic) bond motifs is 1. The van der Waals surface area contributed by atoms with Gasteiger partial charge in [0, 0.05) is 45.3 Å². The number of benzene rings is 2. The second-order valence-corrected chi connectivity index (χ2v) is 16.3. The Morgan fingerprint density at radius 2 is 1.87 bits per heavy atom. The maximum atomic E-state index is 13.5. The maximum Gasteiger partial charge on any atom is 0.243 e. The van der Waals surface area contributed by atoms with Gasteiger partial charge in [-0.15, -0.1) is 0 Å². The number of rotatable bonds is 14. The van der Waals surface area contributed by atoms with E-state index >= 15 is 0 Å². The molecule has 0 radical (unpaired) electrons. The van der Waals surface area contributed by atoms with Crippen LogP contribution in [0.1, 0.15) is 25.7 Å². The van der Waals surface area contributed by atoms with Gasteiger partial charge < -0.3 is 34.4 Å². The van der Waals surface area contributed by atoms with Crippen LogP contribution in [0.25, 0.3) is 0 Å². The largest absolute Gasteiger partial charge is 0.491 e. The lowest BCUT2D eigenvalue weighted by Gasteiger charge is -2.38. The molecule has 2 fully saturated rings. The quantitative estimate of drug-likeness (QED) is 0.246. The predicted octanol–water partition coefficient (Wildman–Crippen LogP) is 1.09. The van der Waals surface area contributed by atoms with Crippen LogP contribution in [0.2, 0.25) is 0 Å². The van der Waals surface area contributed by atoms with Gasteiger partial charge in [-0.25, -0.2) is 21.6 Å². The molecule has 0 aliphatic carbocycles. The molecule has 3 heterocycles. The van der Waals surface area contributed by atoms with E-state index in [9.17, 15) is 21.9 Å². The normalized spacial score (nSPS) is 20.9. The third-order valence-electron chi connectivity index (χ3n) is 8.78. The Hall–Kier alpha value is -2.50. The lowest BCUT2D eigenvalue weighted by atomic mass is 9.88. The molecule has 2 aromatic carbocycles. The summed E-state index contributed by atoms with van der Waals surface area (Å²) in [5.41, 5.74) is 0.378. The number of piperidine rings is 1. The van der Waals surface area contributed by atoms with Crippen LogP contribution in [0, 0.1) is 0 Å². The van der Waals surface area contributed by atoms with Gasteiger partial charge in [-0.05, 0) is 76.7 Å². The summed E-state index contributed by atoms with van der Waals surface area (Å²) < 4.78 is 74.0. The molecule has 13 nitrogen and oxygen atoms in total. The Bertz CT molecular complexity index is 1550. The first-order valence-electron chi connectivity index (χ1n) is 15.8. The summed E-state index contributed by atoms with van der Waals surface area (Å²) in [6, 6.07) is 11.3. The van der Waals surface area contributed by atoms with Gasteiger partial charge in [-0.3, -0.25) is 0 Å². The van der Waals surface area contributed by atoms with Crippen LogP contribution in [0.3, 0.4) is 0 Å². The second kappa shape index (κ2) is 14.7. The van der Waals surface area contributed by atoms with Gasteiger partial charge in [0.05, 0.1) is 34.2 Å². The van der Waals surface area contributed by atoms with E-state index in [0.29, 0.717) is 70.2 Å². The van der Waals surface area contributed by atoms with Crippen molar-refractivity contribution in [3.8, 4) is 11.5 Å². The van der Waals surface area contributed by atoms with Crippen LogP contribution in [-0.2, 0) is 24.8 Å². The molecular weight excluding hydrogens is 635 g/mol. The first kappa shape index (κ1) is 34.8. The van der Waals surface area contributed by atoms with E-state index < -0.39 is 31.8 Å². The number of hydrogen-bond acceptors (Lipinski definition) is 11. The van der Waals surface area contributed by atoms with Crippen molar-refractivity contribution in [1.82, 2.24) is 19.2 Å². The Balaban J connectivity index is 1.05. The Morgan fingerprint density at radius 3 is 2.63 bits per heavy atom. The summed E-state index contributed by atoms with van der Waals surface area (Å²) in [5, 5.41) is 13.9. The zero-order chi connectivity index (χ0) is 33.0. The van der Waals surface area contributed by atoms with Gasteiger partial charge in [0.25, 0.3) is 0 Å². The molecule has 256 valence electrons. The Labute approximate surface area is 272 Å². The van der Waals surface area contributed by atoms with Gasteiger partial charge >= 0.3 is 0 Å². The summed E-state index contributed by atoms with van der Waals surface area (Å²) in [7, 11) is -1.52. The molecule has 0 bridgehead atoms. The van der Waals surface area contributed by atoms with Crippen molar-refractivity contribution in [3.63, 3.8) is 0 Å². The topological polar surface area (TPSA) is 150 Å². The van der Waals surface area contributed by atoms with Crippen LogP contribution in [0.15, 0.2) is 52.3 Å². The Kier molecular flexibility index (Phi) is 11.1. The van der Waals surface area contributed by atoms with Gasteiger partial charge in [0.2, 0.25) is 20.0 Å². The van der Waals surface area contributed by atoms with Gasteiger partial charge in [0.15, 0.2) is 0 Å². The second-order valence-electron chi connectivity index (χ2n) is 12.6. The third-order valence-corrected chi connectivity index (χ3v) is 12.1. The first-order valence-corrected chi connectivity index (χ1v) is 18.7. The third kappa shape index (κ3) is 8.50. The molecule has 2 saturated heterocycles. The highest BCUT2D eigenvalue weighted by atomic mass is 32.2. The molecule has 2 atom stereocenters. The zero-order valence-electron chi connectivity index (χ0n) is 26.9. The highest BCUT2D eigenvalue weighted by Gasteiger charge is 2.45. The number of hydrogen-bond donors (Lipinski definition) is 3. The molecule has 5 rings (SSSR count). The van der Waals surface area contributed by atoms with E-state index in [-0.39, 0.29) is 29.0 Å². The monoisotopic (exact) mass is 681 g/mol. The summed E-state index contributed by atoms with van der Waals surface area (Å²) in [4.78, 5) is 4.37. The van der Waals surface area contributed by atoms with Crippen molar-refractivity contribution in [2.45, 2.75) is 53.2 Å². The number of nitrogens with zero attached hydrogens (tertiary/aromatic N) is 3. The number of aliphatic hydroxyl groups excluding tert-OH is 1. The van der Waals surface area contributed by atoms with Crippen LogP contribution in [0.5, 0.6) is 11.5 Å². The highest BCUT2D eigenvalue weighted by molar-refractivity contribution is 7.89. The van der Waals surface area contributed by atoms with Gasteiger partial charge in [0.1, 0.15) is 30.8 Å². The van der Waals surface area contributed by atoms with E-state index in [1.807, 2.05) is 30.9 Å². The molecule has 3 aliphatic heterocycles. The van der Waals surface area contributed by atoms with Gasteiger partial charge in [-0.1, -0.05) is 6.07 Å². The maximum absolute atomic E-state index is 13.5. The standard InChI is InChI=1S/C31H47N5O8S2/c1-34(2)13-5-12-33-45(38,39)27-7-4-6-26(18-27)43-23-25(37)21-32-24-20-31(44-22-24)10-14-36(15-11-31)46(40,41)28-8-9-30-29(19-28)35(3)16-17-42-30/h4,6-9,18-19,24-25,32-33,37H,5,10-17,20-23H2,1-3H3. The number of sulfonamides is 2. The highest BCUT2D eigenvalue weighted by Crippen LogP contribution is 2.39. The van der Waals surface area contributed by atoms with E-state index in [1.165, 1.54) is 16.4 Å². The Morgan fingerprint density at radius 1 is 1.09 bits per heavy atom. The summed E-state index contributed by atoms with van der Waals surface area (Å²) in [6.45, 7) is 3.86. The smallest absolute Gasteiger partial charge is 0.243 e. The number of anilines is 1. The zero-order valence-corrected chi connectivity index (χ0v) is 28.5. The lowest BCUT2D eigenvalue weighted by molar-refractivity contribution is -0.0312. The SMILES string of the molecule is CN(C)CCCNS(=O)(=O)c1cccc(OCC(O)CNC2COC3(CCN(S(=O)(=O)c4ccc5c(c4)N(C)CCO5)CC3)C2)c1. The van der Waals surface area contributed by atoms with Gasteiger partial charge in [-0.2, -0.15) is 4.31 Å². The van der Waals surface area contributed by atoms with Crippen LogP contribution < -0.4 is 24.4 Å². The number of aliphatic hydroxyl groups is 1. The molecule has 2 aromatic rings. The summed E-state index contributed by atoms with van der Waals surface area (Å²) in [5.74, 6) is 1.05. The molecule has 46 heavy (non-hydrogen) atoms. The van der Waals surface area contributed by atoms with Crippen molar-refractivity contribution in [2.24, 2.45) is 0 Å². The minimum absolute atomic E-state index is 0.0110. The average Bonchev–Trinajstić information content (AvgIpc) is 3.43. The van der Waals surface area contributed by atoms with Crippen LogP contribution >= 0.6 is 0 Å². The van der Waals surface area contributed by atoms with Crippen LogP contribution in [-0.4, -0.2) is 129 Å².